The molecule has 1 saturated heterocycles. The predicted molar refractivity (Wildman–Crippen MR) is 201 cm³/mol. The maximum atomic E-state index is 14.5. The minimum atomic E-state index is -3.94. The van der Waals surface area contributed by atoms with Crippen molar-refractivity contribution in [3.8, 4) is 0 Å². The van der Waals surface area contributed by atoms with Crippen LogP contribution in [0, 0.1) is 17.2 Å². The van der Waals surface area contributed by atoms with E-state index in [2.05, 4.69) is 15.4 Å². The van der Waals surface area contributed by atoms with Gasteiger partial charge in [0, 0.05) is 24.9 Å². The first-order chi connectivity index (χ1) is 26.0. The number of halogens is 1. The van der Waals surface area contributed by atoms with Crippen molar-refractivity contribution in [2.24, 2.45) is 11.3 Å². The molecule has 0 spiro atoms. The Labute approximate surface area is 327 Å². The van der Waals surface area contributed by atoms with Gasteiger partial charge in [0.2, 0.25) is 21.8 Å². The molecular formula is C39H54FN5O10S. The van der Waals surface area contributed by atoms with E-state index in [4.69, 9.17) is 9.47 Å². The minimum absolute atomic E-state index is 0.0422. The molecule has 308 valence electrons. The fourth-order valence-corrected chi connectivity index (χ4v) is 8.38. The monoisotopic (exact) mass is 803 g/mol. The van der Waals surface area contributed by atoms with Crippen LogP contribution in [0.3, 0.4) is 0 Å². The number of ether oxygens (including phenoxy) is 2. The summed E-state index contributed by atoms with van der Waals surface area (Å²) in [5.41, 5.74) is -1.80. The maximum Gasteiger partial charge on any atom is 0.410 e. The van der Waals surface area contributed by atoms with Gasteiger partial charge in [-0.3, -0.25) is 28.8 Å². The van der Waals surface area contributed by atoms with Gasteiger partial charge in [-0.1, -0.05) is 52.3 Å². The normalized spacial score (nSPS) is 24.0. The minimum Gasteiger partial charge on any atom is -0.444 e. The molecule has 0 radical (unpaired) electrons. The number of alkyl carbamates (subject to hydrolysis) is 1. The molecule has 0 aromatic heterocycles. The Morgan fingerprint density at radius 1 is 1.05 bits per heavy atom. The number of carbonyl (C=O) groups excluding carboxylic acids is 6. The number of amides is 5. The van der Waals surface area contributed by atoms with E-state index in [9.17, 15) is 41.6 Å². The molecule has 2 heterocycles. The van der Waals surface area contributed by atoms with Gasteiger partial charge in [0.25, 0.3) is 5.91 Å². The summed E-state index contributed by atoms with van der Waals surface area (Å²) in [6.07, 6.45) is 1.30. The van der Waals surface area contributed by atoms with Gasteiger partial charge in [-0.15, -0.1) is 0 Å². The molecule has 17 heteroatoms. The number of carbonyl (C=O) groups is 6. The van der Waals surface area contributed by atoms with E-state index in [0.717, 1.165) is 4.90 Å². The van der Waals surface area contributed by atoms with Gasteiger partial charge in [-0.25, -0.2) is 22.4 Å². The Morgan fingerprint density at radius 3 is 2.34 bits per heavy atom. The topological polar surface area (TPSA) is 198 Å². The van der Waals surface area contributed by atoms with E-state index in [0.29, 0.717) is 30.4 Å². The van der Waals surface area contributed by atoms with Crippen molar-refractivity contribution in [2.45, 2.75) is 141 Å². The number of allylic oxidation sites excluding steroid dienone is 2. The van der Waals surface area contributed by atoms with Crippen LogP contribution in [0.2, 0.25) is 0 Å². The number of rotatable bonds is 13. The summed E-state index contributed by atoms with van der Waals surface area (Å²) in [5.74, 6) is -3.57. The molecule has 15 nitrogen and oxygen atoms in total. The first-order valence-electron chi connectivity index (χ1n) is 19.1. The summed E-state index contributed by atoms with van der Waals surface area (Å²) in [6.45, 7) is 12.2. The lowest BCUT2D eigenvalue weighted by atomic mass is 9.95. The van der Waals surface area contributed by atoms with Crippen LogP contribution in [0.5, 0.6) is 0 Å². The molecule has 5 atom stereocenters. The number of sulfonamides is 1. The molecule has 4 aliphatic rings. The number of nitrogens with one attached hydrogen (secondary N) is 3. The zero-order valence-electron chi connectivity index (χ0n) is 33.1. The molecule has 5 rings (SSSR count). The van der Waals surface area contributed by atoms with E-state index >= 15 is 0 Å². The molecule has 1 aromatic carbocycles. The quantitative estimate of drug-likeness (QED) is 0.245. The lowest BCUT2D eigenvalue weighted by Gasteiger charge is -2.30. The SMILES string of the molecule is CCC1C[C@]1(NC(=O)[C@@H]1C[C@@H](OC(=O)N2Cc3cccc(F)c3C2)CN1C(=O)[C@H](CCC(=O)/C=C/C(C)(C)C)NC(=O)OC(C)(C)C)C(=O)NS(=O)(=O)C1CC1. The number of nitrogens with zero attached hydrogens (tertiary/aromatic N) is 2. The van der Waals surface area contributed by atoms with Crippen LogP contribution in [-0.4, -0.2) is 95.0 Å². The Hall–Kier alpha value is -4.54. The van der Waals surface area contributed by atoms with Gasteiger partial charge in [-0.2, -0.15) is 0 Å². The Morgan fingerprint density at radius 2 is 1.75 bits per heavy atom. The summed E-state index contributed by atoms with van der Waals surface area (Å²) >= 11 is 0. The third-order valence-corrected chi connectivity index (χ3v) is 12.1. The average molecular weight is 804 g/mol. The highest BCUT2D eigenvalue weighted by molar-refractivity contribution is 7.91. The van der Waals surface area contributed by atoms with E-state index in [1.807, 2.05) is 20.8 Å². The summed E-state index contributed by atoms with van der Waals surface area (Å²) in [6, 6.07) is 1.84. The second-order valence-corrected chi connectivity index (χ2v) is 19.3. The molecule has 3 fully saturated rings. The highest BCUT2D eigenvalue weighted by Crippen LogP contribution is 2.47. The fourth-order valence-electron chi connectivity index (χ4n) is 7.02. The van der Waals surface area contributed by atoms with Crippen molar-refractivity contribution < 1.29 is 51.0 Å². The van der Waals surface area contributed by atoms with Crippen LogP contribution in [0.25, 0.3) is 0 Å². The van der Waals surface area contributed by atoms with Gasteiger partial charge >= 0.3 is 12.2 Å². The van der Waals surface area contributed by atoms with Crippen molar-refractivity contribution in [3.05, 3.63) is 47.3 Å². The smallest absolute Gasteiger partial charge is 0.410 e. The molecule has 1 aromatic rings. The first kappa shape index (κ1) is 42.6. The van der Waals surface area contributed by atoms with Gasteiger partial charge in [0.15, 0.2) is 5.78 Å². The summed E-state index contributed by atoms with van der Waals surface area (Å²) in [5, 5.41) is 4.61. The molecule has 3 N–H and O–H groups in total. The molecule has 5 amide bonds. The maximum absolute atomic E-state index is 14.5. The summed E-state index contributed by atoms with van der Waals surface area (Å²) in [4.78, 5) is 83.9. The Balaban J connectivity index is 1.39. The third-order valence-electron chi connectivity index (χ3n) is 10.3. The molecule has 2 saturated carbocycles. The lowest BCUT2D eigenvalue weighted by molar-refractivity contribution is -0.141. The van der Waals surface area contributed by atoms with Crippen LogP contribution >= 0.6 is 0 Å². The standard InChI is InChI=1S/C39H54FN5O10S/c1-8-24-19-39(24,34(49)43-56(52,53)27-13-14-27)42-32(47)31-18-26(54-36(51)44-20-23-10-9-11-29(40)28(23)22-44)21-45(31)33(48)30(41-35(50)55-38(5,6)7)15-12-25(46)16-17-37(2,3)4/h9-11,16-17,24,26-27,30-31H,8,12-15,18-22H2,1-7H3,(H,41,50)(H,42,47)(H,43,49)/b17-16+/t24?,26-,30+,31+,39-/m1/s1. The van der Waals surface area contributed by atoms with E-state index in [1.54, 1.807) is 45.9 Å². The van der Waals surface area contributed by atoms with Crippen LogP contribution in [0.4, 0.5) is 14.0 Å². The van der Waals surface area contributed by atoms with Crippen LogP contribution < -0.4 is 15.4 Å². The van der Waals surface area contributed by atoms with Crippen LogP contribution in [-0.2, 0) is 51.8 Å². The first-order valence-corrected chi connectivity index (χ1v) is 20.7. The predicted octanol–water partition coefficient (Wildman–Crippen LogP) is 3.99. The van der Waals surface area contributed by atoms with E-state index < -0.39 is 80.3 Å². The lowest BCUT2D eigenvalue weighted by Crippen LogP contribution is -2.58. The Kier molecular flexibility index (Phi) is 12.3. The van der Waals surface area contributed by atoms with Crippen molar-refractivity contribution in [2.75, 3.05) is 6.54 Å². The molecule has 2 aliphatic heterocycles. The number of benzene rings is 1. The van der Waals surface area contributed by atoms with Gasteiger partial charge in [0.1, 0.15) is 35.1 Å². The highest BCUT2D eigenvalue weighted by Gasteiger charge is 2.62. The van der Waals surface area contributed by atoms with Crippen molar-refractivity contribution in [1.29, 1.82) is 0 Å². The van der Waals surface area contributed by atoms with Gasteiger partial charge in [-0.05, 0) is 75.5 Å². The zero-order chi connectivity index (χ0) is 41.4. The fraction of sp³-hybridized carbons (Fsp3) is 0.641. The second-order valence-electron chi connectivity index (χ2n) is 17.3. The van der Waals surface area contributed by atoms with Crippen molar-refractivity contribution in [3.63, 3.8) is 0 Å². The second kappa shape index (κ2) is 16.1. The molecule has 2 aliphatic carbocycles. The summed E-state index contributed by atoms with van der Waals surface area (Å²) in [7, 11) is -3.94. The number of likely N-dealkylation sites (tertiary alicyclic amines) is 1. The molecule has 1 unspecified atom stereocenters. The van der Waals surface area contributed by atoms with Crippen LogP contribution in [0.1, 0.15) is 105 Å². The summed E-state index contributed by atoms with van der Waals surface area (Å²) < 4.78 is 53.2. The van der Waals surface area contributed by atoms with Gasteiger partial charge in [0.05, 0.1) is 18.3 Å². The molecule has 56 heavy (non-hydrogen) atoms. The molecular weight excluding hydrogens is 750 g/mol. The van der Waals surface area contributed by atoms with Crippen molar-refractivity contribution in [1.82, 2.24) is 25.2 Å². The van der Waals surface area contributed by atoms with Crippen LogP contribution in [0.15, 0.2) is 30.4 Å². The Bertz CT molecular complexity index is 1890. The molecule has 0 bridgehead atoms. The zero-order valence-corrected chi connectivity index (χ0v) is 33.9. The number of fused-ring (bicyclic) bond motifs is 1. The number of ketones is 1. The van der Waals surface area contributed by atoms with Gasteiger partial charge < -0.3 is 25.0 Å². The third kappa shape index (κ3) is 10.4. The average Bonchev–Trinajstić information content (AvgIpc) is 3.98. The van der Waals surface area contributed by atoms with E-state index in [-0.39, 0.29) is 62.4 Å². The number of hydrogen-bond acceptors (Lipinski definition) is 10. The van der Waals surface area contributed by atoms with Crippen molar-refractivity contribution >= 4 is 45.7 Å². The largest absolute Gasteiger partial charge is 0.444 e. The number of hydrogen-bond donors (Lipinski definition) is 3. The highest BCUT2D eigenvalue weighted by atomic mass is 32.2. The van der Waals surface area contributed by atoms with E-state index in [1.165, 1.54) is 17.0 Å².